The first-order valence-electron chi connectivity index (χ1n) is 7.20. The number of halogens is 1. The minimum absolute atomic E-state index is 0.164. The lowest BCUT2D eigenvalue weighted by Gasteiger charge is -2.09. The quantitative estimate of drug-likeness (QED) is 0.592. The predicted octanol–water partition coefficient (Wildman–Crippen LogP) is 3.71. The maximum Gasteiger partial charge on any atom is 0.251 e. The molecule has 0 aliphatic heterocycles. The third kappa shape index (κ3) is 5.34. The summed E-state index contributed by atoms with van der Waals surface area (Å²) in [6, 6.07) is 14.1. The molecule has 0 aliphatic carbocycles. The van der Waals surface area contributed by atoms with Gasteiger partial charge in [0.25, 0.3) is 5.91 Å². The van der Waals surface area contributed by atoms with Gasteiger partial charge < -0.3 is 14.8 Å². The monoisotopic (exact) mass is 331 g/mol. The maximum absolute atomic E-state index is 12.0. The molecule has 0 unspecified atom stereocenters. The van der Waals surface area contributed by atoms with Crippen LogP contribution in [0.1, 0.15) is 10.4 Å². The van der Waals surface area contributed by atoms with Crippen LogP contribution in [0.25, 0.3) is 0 Å². The highest BCUT2D eigenvalue weighted by atomic mass is 35.5. The van der Waals surface area contributed by atoms with E-state index in [1.807, 2.05) is 12.1 Å². The second kappa shape index (κ2) is 8.86. The Kier molecular flexibility index (Phi) is 6.51. The number of ether oxygens (including phenoxy) is 2. The molecular formula is C18H18ClNO3. The molecule has 23 heavy (non-hydrogen) atoms. The molecule has 1 amide bonds. The highest BCUT2D eigenvalue weighted by Crippen LogP contribution is 2.22. The van der Waals surface area contributed by atoms with Gasteiger partial charge in [0.15, 0.2) is 0 Å². The third-order valence-electron chi connectivity index (χ3n) is 2.97. The van der Waals surface area contributed by atoms with Crippen molar-refractivity contribution in [3.63, 3.8) is 0 Å². The molecule has 2 rings (SSSR count). The zero-order valence-corrected chi connectivity index (χ0v) is 13.4. The van der Waals surface area contributed by atoms with E-state index in [9.17, 15) is 4.79 Å². The number of carbonyl (C=O) groups is 1. The van der Waals surface area contributed by atoms with Crippen LogP contribution in [0.4, 0.5) is 0 Å². The molecule has 0 saturated heterocycles. The number of para-hydroxylation sites is 1. The smallest absolute Gasteiger partial charge is 0.251 e. The zero-order chi connectivity index (χ0) is 16.5. The van der Waals surface area contributed by atoms with Crippen LogP contribution in [0.2, 0.25) is 5.02 Å². The summed E-state index contributed by atoms with van der Waals surface area (Å²) < 4.78 is 10.9. The average molecular weight is 332 g/mol. The molecular weight excluding hydrogens is 314 g/mol. The van der Waals surface area contributed by atoms with E-state index in [4.69, 9.17) is 21.1 Å². The van der Waals surface area contributed by atoms with Gasteiger partial charge in [-0.2, -0.15) is 0 Å². The maximum atomic E-state index is 12.0. The predicted molar refractivity (Wildman–Crippen MR) is 91.4 cm³/mol. The summed E-state index contributed by atoms with van der Waals surface area (Å²) in [6.45, 7) is 4.75. The van der Waals surface area contributed by atoms with Crippen molar-refractivity contribution >= 4 is 17.5 Å². The number of amides is 1. The van der Waals surface area contributed by atoms with E-state index in [2.05, 4.69) is 11.9 Å². The molecule has 120 valence electrons. The molecule has 1 N–H and O–H groups in total. The molecule has 0 radical (unpaired) electrons. The highest BCUT2D eigenvalue weighted by Gasteiger charge is 2.05. The minimum atomic E-state index is -0.164. The lowest BCUT2D eigenvalue weighted by molar-refractivity contribution is 0.0947. The Morgan fingerprint density at radius 2 is 1.87 bits per heavy atom. The molecule has 2 aromatic carbocycles. The van der Waals surface area contributed by atoms with Crippen molar-refractivity contribution in [1.29, 1.82) is 0 Å². The molecule has 0 spiro atoms. The van der Waals surface area contributed by atoms with Crippen LogP contribution in [0.3, 0.4) is 0 Å². The van der Waals surface area contributed by atoms with Crippen molar-refractivity contribution in [2.45, 2.75) is 0 Å². The second-order valence-electron chi connectivity index (χ2n) is 4.66. The number of carbonyl (C=O) groups excluding carboxylic acids is 1. The second-order valence-corrected chi connectivity index (χ2v) is 5.07. The molecule has 0 saturated carbocycles. The van der Waals surface area contributed by atoms with Gasteiger partial charge in [0.1, 0.15) is 24.7 Å². The lowest BCUT2D eigenvalue weighted by Crippen LogP contribution is -2.28. The first-order valence-corrected chi connectivity index (χ1v) is 7.58. The summed E-state index contributed by atoms with van der Waals surface area (Å²) >= 11 is 5.98. The molecule has 0 aliphatic rings. The van der Waals surface area contributed by atoms with Gasteiger partial charge in [0.05, 0.1) is 11.6 Å². The van der Waals surface area contributed by atoms with Crippen LogP contribution < -0.4 is 14.8 Å². The van der Waals surface area contributed by atoms with E-state index in [1.54, 1.807) is 42.5 Å². The number of nitrogens with one attached hydrogen (secondary N) is 1. The molecule has 0 fully saturated rings. The van der Waals surface area contributed by atoms with Crippen molar-refractivity contribution in [1.82, 2.24) is 5.32 Å². The molecule has 5 heteroatoms. The fourth-order valence-electron chi connectivity index (χ4n) is 1.85. The van der Waals surface area contributed by atoms with E-state index < -0.39 is 0 Å². The van der Waals surface area contributed by atoms with E-state index in [0.717, 1.165) is 0 Å². The van der Waals surface area contributed by atoms with Gasteiger partial charge in [0, 0.05) is 5.56 Å². The van der Waals surface area contributed by atoms with Crippen molar-refractivity contribution in [2.75, 3.05) is 19.8 Å². The van der Waals surface area contributed by atoms with Crippen LogP contribution in [-0.2, 0) is 0 Å². The van der Waals surface area contributed by atoms with Gasteiger partial charge in [-0.1, -0.05) is 36.4 Å². The first kappa shape index (κ1) is 16.9. The summed E-state index contributed by atoms with van der Waals surface area (Å²) in [7, 11) is 0. The van der Waals surface area contributed by atoms with E-state index in [1.165, 1.54) is 0 Å². The van der Waals surface area contributed by atoms with Crippen LogP contribution >= 0.6 is 11.6 Å². The average Bonchev–Trinajstić information content (AvgIpc) is 2.58. The molecule has 4 nitrogen and oxygen atoms in total. The van der Waals surface area contributed by atoms with E-state index in [-0.39, 0.29) is 5.91 Å². The van der Waals surface area contributed by atoms with E-state index >= 15 is 0 Å². The number of rotatable bonds is 8. The van der Waals surface area contributed by atoms with Gasteiger partial charge in [0.2, 0.25) is 0 Å². The zero-order valence-electron chi connectivity index (χ0n) is 12.6. The summed E-state index contributed by atoms with van der Waals surface area (Å²) in [5, 5.41) is 3.34. The third-order valence-corrected chi connectivity index (χ3v) is 3.28. The number of benzene rings is 2. The fraction of sp³-hybridized carbons (Fsp3) is 0.167. The fourth-order valence-corrected chi connectivity index (χ4v) is 2.04. The molecule has 0 atom stereocenters. The van der Waals surface area contributed by atoms with Crippen LogP contribution in [0.5, 0.6) is 11.5 Å². The largest absolute Gasteiger partial charge is 0.490 e. The van der Waals surface area contributed by atoms with Crippen LogP contribution in [0, 0.1) is 0 Å². The molecule has 0 bridgehead atoms. The Morgan fingerprint density at radius 1 is 1.13 bits per heavy atom. The van der Waals surface area contributed by atoms with Gasteiger partial charge in [-0.15, -0.1) is 0 Å². The lowest BCUT2D eigenvalue weighted by atomic mass is 10.2. The van der Waals surface area contributed by atoms with Gasteiger partial charge in [-0.25, -0.2) is 0 Å². The molecule has 0 aromatic heterocycles. The minimum Gasteiger partial charge on any atom is -0.490 e. The summed E-state index contributed by atoms with van der Waals surface area (Å²) in [5.74, 6) is 1.14. The summed E-state index contributed by atoms with van der Waals surface area (Å²) in [6.07, 6.45) is 1.67. The Hall–Kier alpha value is -2.46. The molecule has 0 heterocycles. The van der Waals surface area contributed by atoms with Gasteiger partial charge in [-0.05, 0) is 36.4 Å². The van der Waals surface area contributed by atoms with Crippen molar-refractivity contribution in [3.8, 4) is 11.5 Å². The standard InChI is InChI=1S/C18H18ClNO3/c1-2-12-22-15-9-7-14(8-10-15)18(21)20-11-13-23-17-6-4-3-5-16(17)19/h2-10H,1,11-13H2,(H,20,21). The molecule has 2 aromatic rings. The number of hydrogen-bond acceptors (Lipinski definition) is 3. The van der Waals surface area contributed by atoms with Crippen LogP contribution in [0.15, 0.2) is 61.2 Å². The SMILES string of the molecule is C=CCOc1ccc(C(=O)NCCOc2ccccc2Cl)cc1. The van der Waals surface area contributed by atoms with Gasteiger partial charge in [-0.3, -0.25) is 4.79 Å². The highest BCUT2D eigenvalue weighted by molar-refractivity contribution is 6.32. The first-order chi connectivity index (χ1) is 11.2. The Morgan fingerprint density at radius 3 is 2.57 bits per heavy atom. The van der Waals surface area contributed by atoms with Crippen LogP contribution in [-0.4, -0.2) is 25.7 Å². The normalized spacial score (nSPS) is 9.96. The van der Waals surface area contributed by atoms with Crippen molar-refractivity contribution in [2.24, 2.45) is 0 Å². The summed E-state index contributed by atoms with van der Waals surface area (Å²) in [4.78, 5) is 12.0. The van der Waals surface area contributed by atoms with Gasteiger partial charge >= 0.3 is 0 Å². The number of hydrogen-bond donors (Lipinski definition) is 1. The topological polar surface area (TPSA) is 47.6 Å². The Labute approximate surface area is 140 Å². The Bertz CT molecular complexity index is 656. The Balaban J connectivity index is 1.76. The van der Waals surface area contributed by atoms with E-state index in [0.29, 0.717) is 41.8 Å². The summed E-state index contributed by atoms with van der Waals surface area (Å²) in [5.41, 5.74) is 0.564. The van der Waals surface area contributed by atoms with Crippen molar-refractivity contribution in [3.05, 3.63) is 71.8 Å². The van der Waals surface area contributed by atoms with Crippen molar-refractivity contribution < 1.29 is 14.3 Å².